The number of nitrogens with two attached hydrogens (primary N) is 1. The van der Waals surface area contributed by atoms with Crippen LogP contribution in [0.1, 0.15) is 24.8 Å². The SMILES string of the molecule is NCCC1CCN(C(=O)Cc2cccc([N+](=O)[O-])c2)CC1. The Bertz CT molecular complexity index is 511. The third-order valence-electron chi connectivity index (χ3n) is 4.02. The monoisotopic (exact) mass is 291 g/mol. The van der Waals surface area contributed by atoms with Gasteiger partial charge in [0.15, 0.2) is 0 Å². The number of nitro benzene ring substituents is 1. The lowest BCUT2D eigenvalue weighted by atomic mass is 9.93. The average molecular weight is 291 g/mol. The van der Waals surface area contributed by atoms with E-state index in [1.165, 1.54) is 12.1 Å². The molecule has 0 atom stereocenters. The number of carbonyl (C=O) groups is 1. The summed E-state index contributed by atoms with van der Waals surface area (Å²) in [5.74, 6) is 0.665. The number of hydrogen-bond acceptors (Lipinski definition) is 4. The zero-order valence-electron chi connectivity index (χ0n) is 12.0. The van der Waals surface area contributed by atoms with Gasteiger partial charge in [-0.15, -0.1) is 0 Å². The van der Waals surface area contributed by atoms with E-state index in [-0.39, 0.29) is 18.0 Å². The third-order valence-corrected chi connectivity index (χ3v) is 4.02. The Balaban J connectivity index is 1.90. The highest BCUT2D eigenvalue weighted by Gasteiger charge is 2.22. The molecule has 1 aromatic rings. The second-order valence-electron chi connectivity index (χ2n) is 5.51. The van der Waals surface area contributed by atoms with E-state index in [0.29, 0.717) is 18.0 Å². The molecular weight excluding hydrogens is 270 g/mol. The quantitative estimate of drug-likeness (QED) is 0.660. The van der Waals surface area contributed by atoms with Crippen LogP contribution in [0.4, 0.5) is 5.69 Å². The second-order valence-corrected chi connectivity index (χ2v) is 5.51. The van der Waals surface area contributed by atoms with Gasteiger partial charge in [0.05, 0.1) is 11.3 Å². The van der Waals surface area contributed by atoms with Crippen LogP contribution in [0.2, 0.25) is 0 Å². The van der Waals surface area contributed by atoms with E-state index in [9.17, 15) is 14.9 Å². The molecule has 1 aromatic carbocycles. The topological polar surface area (TPSA) is 89.5 Å². The summed E-state index contributed by atoms with van der Waals surface area (Å²) in [5, 5.41) is 10.7. The maximum atomic E-state index is 12.2. The Morgan fingerprint density at radius 1 is 1.38 bits per heavy atom. The predicted octanol–water partition coefficient (Wildman–Crippen LogP) is 1.72. The number of benzene rings is 1. The molecule has 21 heavy (non-hydrogen) atoms. The first kappa shape index (κ1) is 15.4. The fourth-order valence-electron chi connectivity index (χ4n) is 2.77. The fourth-order valence-corrected chi connectivity index (χ4v) is 2.77. The number of piperidine rings is 1. The molecule has 1 aliphatic rings. The average Bonchev–Trinajstić information content (AvgIpc) is 2.48. The van der Waals surface area contributed by atoms with Crippen molar-refractivity contribution in [1.29, 1.82) is 0 Å². The van der Waals surface area contributed by atoms with Gasteiger partial charge in [-0.25, -0.2) is 0 Å². The fraction of sp³-hybridized carbons (Fsp3) is 0.533. The molecule has 1 saturated heterocycles. The van der Waals surface area contributed by atoms with Crippen molar-refractivity contribution < 1.29 is 9.72 Å². The summed E-state index contributed by atoms with van der Waals surface area (Å²) in [6.07, 6.45) is 3.24. The van der Waals surface area contributed by atoms with Crippen LogP contribution in [-0.4, -0.2) is 35.4 Å². The number of non-ortho nitro benzene ring substituents is 1. The van der Waals surface area contributed by atoms with Gasteiger partial charge in [0.25, 0.3) is 5.69 Å². The van der Waals surface area contributed by atoms with Gasteiger partial charge in [-0.2, -0.15) is 0 Å². The van der Waals surface area contributed by atoms with Crippen LogP contribution in [0.5, 0.6) is 0 Å². The van der Waals surface area contributed by atoms with Crippen molar-refractivity contribution in [2.75, 3.05) is 19.6 Å². The van der Waals surface area contributed by atoms with Gasteiger partial charge in [0.1, 0.15) is 0 Å². The van der Waals surface area contributed by atoms with Crippen molar-refractivity contribution in [1.82, 2.24) is 4.90 Å². The van der Waals surface area contributed by atoms with Crippen LogP contribution in [-0.2, 0) is 11.2 Å². The molecule has 0 radical (unpaired) electrons. The Labute approximate surface area is 124 Å². The lowest BCUT2D eigenvalue weighted by Gasteiger charge is -2.32. The van der Waals surface area contributed by atoms with E-state index in [1.807, 2.05) is 4.90 Å². The van der Waals surface area contributed by atoms with Crippen LogP contribution in [0, 0.1) is 16.0 Å². The van der Waals surface area contributed by atoms with Crippen LogP contribution < -0.4 is 5.73 Å². The number of hydrogen-bond donors (Lipinski definition) is 1. The molecule has 0 unspecified atom stereocenters. The summed E-state index contributed by atoms with van der Waals surface area (Å²) < 4.78 is 0. The maximum absolute atomic E-state index is 12.2. The van der Waals surface area contributed by atoms with E-state index in [2.05, 4.69) is 0 Å². The molecule has 1 aliphatic heterocycles. The van der Waals surface area contributed by atoms with E-state index in [0.717, 1.165) is 32.4 Å². The molecule has 1 amide bonds. The number of rotatable bonds is 5. The number of nitrogens with zero attached hydrogens (tertiary/aromatic N) is 2. The molecule has 0 saturated carbocycles. The minimum absolute atomic E-state index is 0.0296. The van der Waals surface area contributed by atoms with Crippen LogP contribution in [0.15, 0.2) is 24.3 Å². The molecule has 1 fully saturated rings. The summed E-state index contributed by atoms with van der Waals surface area (Å²) >= 11 is 0. The highest BCUT2D eigenvalue weighted by atomic mass is 16.6. The largest absolute Gasteiger partial charge is 0.342 e. The Hall–Kier alpha value is -1.95. The van der Waals surface area contributed by atoms with Crippen molar-refractivity contribution >= 4 is 11.6 Å². The van der Waals surface area contributed by atoms with Gasteiger partial charge >= 0.3 is 0 Å². The Morgan fingerprint density at radius 2 is 2.10 bits per heavy atom. The smallest absolute Gasteiger partial charge is 0.269 e. The van der Waals surface area contributed by atoms with E-state index >= 15 is 0 Å². The first-order chi connectivity index (χ1) is 10.1. The van der Waals surface area contributed by atoms with Crippen molar-refractivity contribution in [3.63, 3.8) is 0 Å². The van der Waals surface area contributed by atoms with Gasteiger partial charge in [-0.1, -0.05) is 12.1 Å². The lowest BCUT2D eigenvalue weighted by molar-refractivity contribution is -0.384. The van der Waals surface area contributed by atoms with Crippen LogP contribution >= 0.6 is 0 Å². The summed E-state index contributed by atoms with van der Waals surface area (Å²) in [4.78, 5) is 24.4. The summed E-state index contributed by atoms with van der Waals surface area (Å²) in [7, 11) is 0. The Kier molecular flexibility index (Phi) is 5.27. The van der Waals surface area contributed by atoms with Crippen molar-refractivity contribution in [3.8, 4) is 0 Å². The molecule has 114 valence electrons. The second kappa shape index (κ2) is 7.17. The van der Waals surface area contributed by atoms with Crippen LogP contribution in [0.3, 0.4) is 0 Å². The predicted molar refractivity (Wildman–Crippen MR) is 79.8 cm³/mol. The molecule has 1 heterocycles. The van der Waals surface area contributed by atoms with Gasteiger partial charge in [0, 0.05) is 25.2 Å². The maximum Gasteiger partial charge on any atom is 0.269 e. The molecule has 0 aromatic heterocycles. The van der Waals surface area contributed by atoms with Crippen molar-refractivity contribution in [2.45, 2.75) is 25.7 Å². The minimum atomic E-state index is -0.438. The third kappa shape index (κ3) is 4.26. The minimum Gasteiger partial charge on any atom is -0.342 e. The van der Waals surface area contributed by atoms with Gasteiger partial charge in [-0.3, -0.25) is 14.9 Å². The van der Waals surface area contributed by atoms with Crippen molar-refractivity contribution in [3.05, 3.63) is 39.9 Å². The molecule has 0 bridgehead atoms. The molecule has 0 aliphatic carbocycles. The number of carbonyl (C=O) groups excluding carboxylic acids is 1. The van der Waals surface area contributed by atoms with Gasteiger partial charge < -0.3 is 10.6 Å². The van der Waals surface area contributed by atoms with E-state index in [1.54, 1.807) is 12.1 Å². The molecule has 2 rings (SSSR count). The highest BCUT2D eigenvalue weighted by Crippen LogP contribution is 2.21. The summed E-state index contributed by atoms with van der Waals surface area (Å²) in [6, 6.07) is 6.28. The van der Waals surface area contributed by atoms with E-state index in [4.69, 9.17) is 5.73 Å². The standard InChI is InChI=1S/C15H21N3O3/c16-7-4-12-5-8-17(9-6-12)15(19)11-13-2-1-3-14(10-13)18(20)21/h1-3,10,12H,4-9,11,16H2. The van der Waals surface area contributed by atoms with Crippen LogP contribution in [0.25, 0.3) is 0 Å². The molecular formula is C15H21N3O3. The first-order valence-corrected chi connectivity index (χ1v) is 7.31. The lowest BCUT2D eigenvalue weighted by Crippen LogP contribution is -2.39. The number of amides is 1. The number of likely N-dealkylation sites (tertiary alicyclic amines) is 1. The normalized spacial score (nSPS) is 16.0. The zero-order valence-corrected chi connectivity index (χ0v) is 12.0. The Morgan fingerprint density at radius 3 is 2.71 bits per heavy atom. The molecule has 6 heteroatoms. The number of nitro groups is 1. The molecule has 2 N–H and O–H groups in total. The molecule has 0 spiro atoms. The summed E-state index contributed by atoms with van der Waals surface area (Å²) in [5.41, 5.74) is 6.28. The van der Waals surface area contributed by atoms with Crippen molar-refractivity contribution in [2.24, 2.45) is 11.7 Å². The van der Waals surface area contributed by atoms with Gasteiger partial charge in [-0.05, 0) is 37.3 Å². The summed E-state index contributed by atoms with van der Waals surface area (Å²) in [6.45, 7) is 2.23. The molecule has 6 nitrogen and oxygen atoms in total. The first-order valence-electron chi connectivity index (χ1n) is 7.31. The van der Waals surface area contributed by atoms with Gasteiger partial charge in [0.2, 0.25) is 5.91 Å². The van der Waals surface area contributed by atoms with E-state index < -0.39 is 4.92 Å². The highest BCUT2D eigenvalue weighted by molar-refractivity contribution is 5.79. The zero-order chi connectivity index (χ0) is 15.2.